The van der Waals surface area contributed by atoms with Crippen LogP contribution in [0.2, 0.25) is 10.0 Å². The quantitative estimate of drug-likeness (QED) is 0.852. The van der Waals surface area contributed by atoms with E-state index in [1.54, 1.807) is 18.2 Å². The van der Waals surface area contributed by atoms with Gasteiger partial charge in [0.25, 0.3) is 0 Å². The van der Waals surface area contributed by atoms with Gasteiger partial charge in [-0.1, -0.05) is 35.3 Å². The molecule has 0 saturated heterocycles. The second-order valence-corrected chi connectivity index (χ2v) is 4.91. The fourth-order valence-corrected chi connectivity index (χ4v) is 1.96. The fraction of sp³-hybridized carbons (Fsp3) is 0.0769. The lowest BCUT2D eigenvalue weighted by Gasteiger charge is -2.11. The van der Waals surface area contributed by atoms with Crippen LogP contribution in [0, 0.1) is 5.82 Å². The molecule has 0 bridgehead atoms. The van der Waals surface area contributed by atoms with E-state index in [1.165, 1.54) is 6.07 Å². The second-order valence-electron chi connectivity index (χ2n) is 4.09. The van der Waals surface area contributed by atoms with Crippen molar-refractivity contribution < 1.29 is 19.2 Å². The third-order valence-corrected chi connectivity index (χ3v) is 3.37. The van der Waals surface area contributed by atoms with Gasteiger partial charge in [-0.25, -0.2) is 4.39 Å². The van der Waals surface area contributed by atoms with Crippen LogP contribution in [-0.4, -0.2) is 17.2 Å². The second kappa shape index (κ2) is 6.46. The molecule has 0 fully saturated rings. The SMILES string of the molecule is OB(O)c1ccc(F)cc1OCc1ccc(Cl)c(Cl)c1. The molecule has 2 rings (SSSR count). The maximum absolute atomic E-state index is 13.2. The van der Waals surface area contributed by atoms with Gasteiger partial charge in [-0.15, -0.1) is 0 Å². The third-order valence-electron chi connectivity index (χ3n) is 2.63. The van der Waals surface area contributed by atoms with E-state index in [0.717, 1.165) is 17.7 Å². The summed E-state index contributed by atoms with van der Waals surface area (Å²) in [5.41, 5.74) is 0.813. The van der Waals surface area contributed by atoms with Gasteiger partial charge in [-0.05, 0) is 23.8 Å². The lowest BCUT2D eigenvalue weighted by Crippen LogP contribution is -2.31. The molecule has 0 unspecified atom stereocenters. The van der Waals surface area contributed by atoms with Crippen LogP contribution in [0.5, 0.6) is 5.75 Å². The highest BCUT2D eigenvalue weighted by atomic mass is 35.5. The Kier molecular flexibility index (Phi) is 4.88. The van der Waals surface area contributed by atoms with Gasteiger partial charge >= 0.3 is 7.12 Å². The molecule has 3 nitrogen and oxygen atoms in total. The van der Waals surface area contributed by atoms with E-state index >= 15 is 0 Å². The van der Waals surface area contributed by atoms with Crippen molar-refractivity contribution in [1.29, 1.82) is 0 Å². The first-order valence-corrected chi connectivity index (χ1v) is 6.45. The minimum absolute atomic E-state index is 0.0612. The van der Waals surface area contributed by atoms with Crippen LogP contribution < -0.4 is 10.2 Å². The summed E-state index contributed by atoms with van der Waals surface area (Å²) in [6.07, 6.45) is 0. The van der Waals surface area contributed by atoms with Gasteiger partial charge in [-0.2, -0.15) is 0 Å². The van der Waals surface area contributed by atoms with Crippen molar-refractivity contribution in [2.24, 2.45) is 0 Å². The molecule has 0 heterocycles. The van der Waals surface area contributed by atoms with Crippen LogP contribution in [0.3, 0.4) is 0 Å². The van der Waals surface area contributed by atoms with E-state index < -0.39 is 12.9 Å². The maximum Gasteiger partial charge on any atom is 0.492 e. The molecule has 0 aliphatic heterocycles. The Labute approximate surface area is 125 Å². The highest BCUT2D eigenvalue weighted by molar-refractivity contribution is 6.59. The molecular weight excluding hydrogens is 305 g/mol. The molecule has 0 saturated carbocycles. The normalized spacial score (nSPS) is 10.4. The van der Waals surface area contributed by atoms with Crippen molar-refractivity contribution >= 4 is 35.8 Å². The summed E-state index contributed by atoms with van der Waals surface area (Å²) in [6, 6.07) is 8.42. The van der Waals surface area contributed by atoms with E-state index in [0.29, 0.717) is 10.0 Å². The van der Waals surface area contributed by atoms with Gasteiger partial charge in [0.2, 0.25) is 0 Å². The van der Waals surface area contributed by atoms with Crippen molar-refractivity contribution in [3.63, 3.8) is 0 Å². The molecule has 0 radical (unpaired) electrons. The van der Waals surface area contributed by atoms with Crippen LogP contribution in [0.15, 0.2) is 36.4 Å². The van der Waals surface area contributed by atoms with Crippen LogP contribution in [0.1, 0.15) is 5.56 Å². The Morgan fingerprint density at radius 2 is 1.80 bits per heavy atom. The van der Waals surface area contributed by atoms with E-state index in [-0.39, 0.29) is 17.8 Å². The maximum atomic E-state index is 13.2. The molecule has 2 aromatic rings. The molecule has 0 aromatic heterocycles. The fourth-order valence-electron chi connectivity index (χ4n) is 1.64. The first-order valence-electron chi connectivity index (χ1n) is 5.69. The Hall–Kier alpha value is -1.27. The number of hydrogen-bond donors (Lipinski definition) is 2. The summed E-state index contributed by atoms with van der Waals surface area (Å²) >= 11 is 11.7. The third kappa shape index (κ3) is 3.64. The van der Waals surface area contributed by atoms with E-state index in [4.69, 9.17) is 27.9 Å². The van der Waals surface area contributed by atoms with Gasteiger partial charge in [0, 0.05) is 11.5 Å². The first kappa shape index (κ1) is 15.1. The standard InChI is InChI=1S/C13H10BCl2FO3/c15-11-4-1-8(5-12(11)16)7-20-13-6-9(17)2-3-10(13)14(18)19/h1-6,18-19H,7H2. The molecule has 2 aromatic carbocycles. The average molecular weight is 315 g/mol. The first-order chi connectivity index (χ1) is 9.47. The van der Waals surface area contributed by atoms with Gasteiger partial charge < -0.3 is 14.8 Å². The van der Waals surface area contributed by atoms with Crippen molar-refractivity contribution in [2.75, 3.05) is 0 Å². The lowest BCUT2D eigenvalue weighted by atomic mass is 9.79. The highest BCUT2D eigenvalue weighted by Gasteiger charge is 2.17. The lowest BCUT2D eigenvalue weighted by molar-refractivity contribution is 0.305. The topological polar surface area (TPSA) is 49.7 Å². The van der Waals surface area contributed by atoms with Gasteiger partial charge in [0.1, 0.15) is 18.2 Å². The number of ether oxygens (including phenoxy) is 1. The smallest absolute Gasteiger partial charge is 0.489 e. The van der Waals surface area contributed by atoms with Crippen LogP contribution in [0.4, 0.5) is 4.39 Å². The van der Waals surface area contributed by atoms with Crippen molar-refractivity contribution in [3.05, 3.63) is 57.8 Å². The summed E-state index contributed by atoms with van der Waals surface area (Å²) in [6.45, 7) is 0.0973. The highest BCUT2D eigenvalue weighted by Crippen LogP contribution is 2.23. The van der Waals surface area contributed by atoms with Gasteiger partial charge in [0.05, 0.1) is 10.0 Å². The largest absolute Gasteiger partial charge is 0.492 e. The monoisotopic (exact) mass is 314 g/mol. The summed E-state index contributed by atoms with van der Waals surface area (Å²) in [4.78, 5) is 0. The Bertz CT molecular complexity index is 623. The predicted octanol–water partition coefficient (Wildman–Crippen LogP) is 2.39. The number of hydrogen-bond acceptors (Lipinski definition) is 3. The molecule has 0 aliphatic carbocycles. The zero-order valence-corrected chi connectivity index (χ0v) is 11.7. The Morgan fingerprint density at radius 3 is 2.45 bits per heavy atom. The summed E-state index contributed by atoms with van der Waals surface area (Å²) in [5, 5.41) is 19.2. The zero-order valence-electron chi connectivity index (χ0n) is 10.2. The molecular formula is C13H10BCl2FO3. The Morgan fingerprint density at radius 1 is 1.05 bits per heavy atom. The molecule has 0 spiro atoms. The van der Waals surface area contributed by atoms with Crippen LogP contribution >= 0.6 is 23.2 Å². The molecule has 7 heteroatoms. The van der Waals surface area contributed by atoms with Crippen LogP contribution in [0.25, 0.3) is 0 Å². The number of benzene rings is 2. The van der Waals surface area contributed by atoms with Crippen molar-refractivity contribution in [2.45, 2.75) is 6.61 Å². The summed E-state index contributed by atoms with van der Waals surface area (Å²) < 4.78 is 18.6. The molecule has 0 amide bonds. The molecule has 104 valence electrons. The predicted molar refractivity (Wildman–Crippen MR) is 77.0 cm³/mol. The minimum Gasteiger partial charge on any atom is -0.489 e. The van der Waals surface area contributed by atoms with Crippen molar-refractivity contribution in [3.8, 4) is 5.75 Å². The zero-order chi connectivity index (χ0) is 14.7. The minimum atomic E-state index is -1.74. The molecule has 20 heavy (non-hydrogen) atoms. The van der Waals surface area contributed by atoms with Gasteiger partial charge in [0.15, 0.2) is 0 Å². The van der Waals surface area contributed by atoms with E-state index in [9.17, 15) is 14.4 Å². The molecule has 0 atom stereocenters. The summed E-state index contributed by atoms with van der Waals surface area (Å²) in [5.74, 6) is -0.468. The van der Waals surface area contributed by atoms with Gasteiger partial charge in [-0.3, -0.25) is 0 Å². The molecule has 2 N–H and O–H groups in total. The Balaban J connectivity index is 2.17. The average Bonchev–Trinajstić information content (AvgIpc) is 2.40. The van der Waals surface area contributed by atoms with E-state index in [1.807, 2.05) is 0 Å². The van der Waals surface area contributed by atoms with E-state index in [2.05, 4.69) is 0 Å². The number of rotatable bonds is 4. The molecule has 0 aliphatic rings. The summed E-state index contributed by atoms with van der Waals surface area (Å²) in [7, 11) is -1.74. The number of halogens is 3. The van der Waals surface area contributed by atoms with Crippen LogP contribution in [-0.2, 0) is 6.61 Å². The van der Waals surface area contributed by atoms with Crippen molar-refractivity contribution in [1.82, 2.24) is 0 Å².